The summed E-state index contributed by atoms with van der Waals surface area (Å²) in [5.41, 5.74) is 0.885. The fourth-order valence-corrected chi connectivity index (χ4v) is 1.80. The highest BCUT2D eigenvalue weighted by atomic mass is 32.2. The Morgan fingerprint density at radius 1 is 1.47 bits per heavy atom. The largest absolute Gasteiger partial charge is 0.295 e. The number of hydrogen-bond acceptors (Lipinski definition) is 6. The lowest BCUT2D eigenvalue weighted by atomic mass is 10.3. The van der Waals surface area contributed by atoms with Gasteiger partial charge in [-0.05, 0) is 24.1 Å². The standard InChI is InChI=1S/C8H8N4O2S/c9-8-5-11(10-15-8)6-1-3-7(4-2-6)12(13)14/h1-4,9-10H,5H2. The third kappa shape index (κ3) is 2.08. The van der Waals surface area contributed by atoms with E-state index in [9.17, 15) is 10.1 Å². The summed E-state index contributed by atoms with van der Waals surface area (Å²) in [4.78, 5) is 12.9. The minimum Gasteiger partial charge on any atom is -0.295 e. The van der Waals surface area contributed by atoms with Gasteiger partial charge < -0.3 is 0 Å². The topological polar surface area (TPSA) is 82.3 Å². The van der Waals surface area contributed by atoms with Crippen molar-refractivity contribution >= 4 is 28.4 Å². The lowest BCUT2D eigenvalue weighted by Gasteiger charge is -2.15. The molecule has 1 heterocycles. The number of nitrogens with zero attached hydrogens (tertiary/aromatic N) is 2. The molecule has 1 saturated heterocycles. The van der Waals surface area contributed by atoms with Crippen molar-refractivity contribution in [3.05, 3.63) is 34.4 Å². The van der Waals surface area contributed by atoms with Gasteiger partial charge >= 0.3 is 0 Å². The Balaban J connectivity index is 2.17. The first kappa shape index (κ1) is 9.94. The van der Waals surface area contributed by atoms with Crippen molar-refractivity contribution in [1.82, 2.24) is 4.83 Å². The zero-order chi connectivity index (χ0) is 10.8. The van der Waals surface area contributed by atoms with Crippen LogP contribution in [0.4, 0.5) is 11.4 Å². The molecule has 0 aromatic heterocycles. The molecule has 0 aliphatic carbocycles. The van der Waals surface area contributed by atoms with Crippen molar-refractivity contribution in [2.45, 2.75) is 0 Å². The average Bonchev–Trinajstić information content (AvgIpc) is 2.65. The van der Waals surface area contributed by atoms with Crippen molar-refractivity contribution in [2.24, 2.45) is 0 Å². The predicted molar refractivity (Wildman–Crippen MR) is 58.9 cm³/mol. The van der Waals surface area contributed by atoms with Gasteiger partial charge in [-0.25, -0.2) is 0 Å². The first-order valence-corrected chi connectivity index (χ1v) is 5.00. The Morgan fingerprint density at radius 3 is 2.60 bits per heavy atom. The Kier molecular flexibility index (Phi) is 2.57. The highest BCUT2D eigenvalue weighted by Gasteiger charge is 2.17. The Bertz CT molecular complexity index is 406. The van der Waals surface area contributed by atoms with Crippen LogP contribution in [0.25, 0.3) is 0 Å². The third-order valence-electron chi connectivity index (χ3n) is 1.95. The monoisotopic (exact) mass is 224 g/mol. The molecule has 0 amide bonds. The van der Waals surface area contributed by atoms with Crippen LogP contribution in [0.1, 0.15) is 0 Å². The van der Waals surface area contributed by atoms with E-state index in [1.165, 1.54) is 24.1 Å². The van der Waals surface area contributed by atoms with E-state index in [1.807, 2.05) is 0 Å². The second-order valence-electron chi connectivity index (χ2n) is 2.98. The molecule has 1 aliphatic heterocycles. The molecule has 0 unspecified atom stereocenters. The van der Waals surface area contributed by atoms with E-state index in [0.29, 0.717) is 11.6 Å². The molecular weight excluding hydrogens is 216 g/mol. The van der Waals surface area contributed by atoms with Crippen molar-refractivity contribution in [3.8, 4) is 0 Å². The second kappa shape index (κ2) is 3.87. The molecule has 1 aliphatic rings. The van der Waals surface area contributed by atoms with Crippen LogP contribution in [0.15, 0.2) is 24.3 Å². The van der Waals surface area contributed by atoms with Gasteiger partial charge in [0.2, 0.25) is 0 Å². The van der Waals surface area contributed by atoms with Gasteiger partial charge in [0.1, 0.15) is 5.04 Å². The van der Waals surface area contributed by atoms with Crippen molar-refractivity contribution < 1.29 is 4.92 Å². The molecule has 15 heavy (non-hydrogen) atoms. The van der Waals surface area contributed by atoms with Gasteiger partial charge in [-0.1, -0.05) is 0 Å². The van der Waals surface area contributed by atoms with E-state index in [-0.39, 0.29) is 5.69 Å². The Labute approximate surface area is 90.0 Å². The number of benzene rings is 1. The van der Waals surface area contributed by atoms with Crippen LogP contribution in [0, 0.1) is 15.5 Å². The molecule has 1 aromatic carbocycles. The van der Waals surface area contributed by atoms with Crippen LogP contribution in [-0.2, 0) is 0 Å². The van der Waals surface area contributed by atoms with Crippen LogP contribution < -0.4 is 9.84 Å². The molecule has 0 spiro atoms. The van der Waals surface area contributed by atoms with E-state index in [2.05, 4.69) is 4.83 Å². The number of rotatable bonds is 2. The summed E-state index contributed by atoms with van der Waals surface area (Å²) in [5.74, 6) is 0. The van der Waals surface area contributed by atoms with Crippen LogP contribution >= 0.6 is 11.9 Å². The number of nitrogens with one attached hydrogen (secondary N) is 2. The van der Waals surface area contributed by atoms with E-state index < -0.39 is 4.92 Å². The summed E-state index contributed by atoms with van der Waals surface area (Å²) >= 11 is 1.24. The van der Waals surface area contributed by atoms with Crippen LogP contribution in [0.3, 0.4) is 0 Å². The van der Waals surface area contributed by atoms with Gasteiger partial charge in [0.25, 0.3) is 5.69 Å². The number of nitro benzene ring substituents is 1. The molecule has 78 valence electrons. The van der Waals surface area contributed by atoms with Crippen LogP contribution in [0.5, 0.6) is 0 Å². The molecular formula is C8H8N4O2S. The first-order valence-electron chi connectivity index (χ1n) is 4.19. The predicted octanol–water partition coefficient (Wildman–Crippen LogP) is 1.54. The van der Waals surface area contributed by atoms with Gasteiger partial charge in [0.15, 0.2) is 0 Å². The van der Waals surface area contributed by atoms with E-state index >= 15 is 0 Å². The number of nitro groups is 1. The quantitative estimate of drug-likeness (QED) is 0.452. The van der Waals surface area contributed by atoms with Gasteiger partial charge in [0.05, 0.1) is 17.2 Å². The molecule has 0 saturated carbocycles. The van der Waals surface area contributed by atoms with Crippen molar-refractivity contribution in [3.63, 3.8) is 0 Å². The summed E-state index contributed by atoms with van der Waals surface area (Å²) in [5, 5.41) is 20.1. The van der Waals surface area contributed by atoms with Crippen LogP contribution in [-0.4, -0.2) is 16.5 Å². The molecule has 1 fully saturated rings. The maximum Gasteiger partial charge on any atom is 0.269 e. The Hall–Kier alpha value is -1.60. The maximum atomic E-state index is 10.4. The second-order valence-corrected chi connectivity index (χ2v) is 3.86. The highest BCUT2D eigenvalue weighted by Crippen LogP contribution is 2.22. The normalized spacial score (nSPS) is 15.7. The number of anilines is 1. The fraction of sp³-hybridized carbons (Fsp3) is 0.125. The zero-order valence-corrected chi connectivity index (χ0v) is 8.45. The van der Waals surface area contributed by atoms with E-state index in [0.717, 1.165) is 5.69 Å². The SMILES string of the molecule is N=C1CN(c2ccc([N+](=O)[O-])cc2)NS1. The fourth-order valence-electron chi connectivity index (χ4n) is 1.22. The summed E-state index contributed by atoms with van der Waals surface area (Å²) < 4.78 is 0. The molecule has 0 bridgehead atoms. The van der Waals surface area contributed by atoms with Gasteiger partial charge in [-0.3, -0.25) is 20.5 Å². The molecule has 1 aromatic rings. The molecule has 6 nitrogen and oxygen atoms in total. The summed E-state index contributed by atoms with van der Waals surface area (Å²) in [6.45, 7) is 0.489. The lowest BCUT2D eigenvalue weighted by molar-refractivity contribution is -0.384. The van der Waals surface area contributed by atoms with Crippen molar-refractivity contribution in [1.29, 1.82) is 5.41 Å². The van der Waals surface area contributed by atoms with Gasteiger partial charge in [-0.2, -0.15) is 4.83 Å². The molecule has 0 radical (unpaired) electrons. The Morgan fingerprint density at radius 2 is 2.13 bits per heavy atom. The summed E-state index contributed by atoms with van der Waals surface area (Å²) in [7, 11) is 0. The number of non-ortho nitro benzene ring substituents is 1. The number of hydrogen-bond donors (Lipinski definition) is 2. The summed E-state index contributed by atoms with van der Waals surface area (Å²) in [6.07, 6.45) is 0. The first-order chi connectivity index (χ1) is 7.16. The molecule has 2 N–H and O–H groups in total. The van der Waals surface area contributed by atoms with Crippen molar-refractivity contribution in [2.75, 3.05) is 11.6 Å². The molecule has 7 heteroatoms. The van der Waals surface area contributed by atoms with Gasteiger partial charge in [0, 0.05) is 12.1 Å². The van der Waals surface area contributed by atoms with E-state index in [4.69, 9.17) is 5.41 Å². The zero-order valence-electron chi connectivity index (χ0n) is 7.64. The maximum absolute atomic E-state index is 10.4. The van der Waals surface area contributed by atoms with Gasteiger partial charge in [-0.15, -0.1) is 0 Å². The van der Waals surface area contributed by atoms with E-state index in [1.54, 1.807) is 17.1 Å². The lowest BCUT2D eigenvalue weighted by Crippen LogP contribution is -2.27. The third-order valence-corrected chi connectivity index (χ3v) is 2.64. The minimum absolute atomic E-state index is 0.0701. The number of hydrazine groups is 1. The highest BCUT2D eigenvalue weighted by molar-refractivity contribution is 8.12. The summed E-state index contributed by atoms with van der Waals surface area (Å²) in [6, 6.07) is 6.21. The smallest absolute Gasteiger partial charge is 0.269 e. The minimum atomic E-state index is -0.433. The molecule has 2 rings (SSSR count). The molecule has 0 atom stereocenters. The average molecular weight is 224 g/mol. The van der Waals surface area contributed by atoms with Crippen LogP contribution in [0.2, 0.25) is 0 Å².